The zero-order chi connectivity index (χ0) is 73.7. The van der Waals surface area contributed by atoms with E-state index in [0.29, 0.717) is 92.9 Å². The molecular weight excluding hydrogens is 1310 g/mol. The first kappa shape index (κ1) is 78.3. The molecule has 9 rings (SSSR count). The van der Waals surface area contributed by atoms with E-state index in [1.807, 2.05) is 65.0 Å². The first-order valence-electron chi connectivity index (χ1n) is 36.0. The summed E-state index contributed by atoms with van der Waals surface area (Å²) >= 11 is 0. The van der Waals surface area contributed by atoms with Crippen LogP contribution in [0, 0.1) is 46.8 Å². The molecule has 24 heteroatoms. The molecule has 2 bridgehead atoms. The molecule has 0 spiro atoms. The lowest BCUT2D eigenvalue weighted by molar-refractivity contribution is -0.265. The molecule has 2 saturated heterocycles. The Hall–Kier alpha value is -6.80. The number of fused-ring (bicyclic) bond motifs is 6. The summed E-state index contributed by atoms with van der Waals surface area (Å²) in [5.74, 6) is -13.2. The summed E-state index contributed by atoms with van der Waals surface area (Å²) in [6.07, 6.45) is 7.08. The summed E-state index contributed by atoms with van der Waals surface area (Å²) < 4.78 is 65.5. The summed E-state index contributed by atoms with van der Waals surface area (Å²) in [6, 6.07) is -1.26. The molecule has 1 aromatic rings. The normalized spacial score (nSPS) is 38.4. The number of methoxy groups -OCH3 is 4. The largest absolute Gasteiger partial charge is 0.461 e. The molecule has 0 radical (unpaired) electrons. The van der Waals surface area contributed by atoms with Gasteiger partial charge in [-0.25, -0.2) is 9.59 Å². The number of carbonyl (C=O) groups is 10. The lowest BCUT2D eigenvalue weighted by atomic mass is 9.54. The number of aliphatic hydroxyl groups is 2. The Bertz CT molecular complexity index is 3470. The maximum Gasteiger partial charge on any atom is 0.342 e. The molecule has 101 heavy (non-hydrogen) atoms. The van der Waals surface area contributed by atoms with E-state index in [1.54, 1.807) is 40.9 Å². The van der Waals surface area contributed by atoms with Crippen LogP contribution in [-0.4, -0.2) is 188 Å². The second-order valence-corrected chi connectivity index (χ2v) is 30.2. The summed E-state index contributed by atoms with van der Waals surface area (Å²) in [4.78, 5) is 142. The summed E-state index contributed by atoms with van der Waals surface area (Å²) in [5.41, 5.74) is 0.256. The van der Waals surface area contributed by atoms with E-state index < -0.39 is 167 Å². The number of nitrogens with zero attached hydrogens (tertiary/aromatic N) is 1. The van der Waals surface area contributed by atoms with Gasteiger partial charge in [0.1, 0.15) is 72.8 Å². The van der Waals surface area contributed by atoms with Gasteiger partial charge in [0.05, 0.1) is 30.3 Å². The van der Waals surface area contributed by atoms with Gasteiger partial charge in [-0.1, -0.05) is 78.0 Å². The molecule has 1 unspecified atom stereocenters. The number of rotatable bonds is 13. The highest BCUT2D eigenvalue weighted by Crippen LogP contribution is 2.63. The Morgan fingerprint density at radius 2 is 1.51 bits per heavy atom. The number of furan rings is 1. The molecule has 2 N–H and O–H groups in total. The monoisotopic (exact) mass is 1410 g/mol. The second-order valence-electron chi connectivity index (χ2n) is 30.2. The predicted octanol–water partition coefficient (Wildman–Crippen LogP) is 9.01. The average Bonchev–Trinajstić information content (AvgIpc) is 1.63. The van der Waals surface area contributed by atoms with Crippen LogP contribution >= 0.6 is 0 Å². The minimum absolute atomic E-state index is 0.00546. The Labute approximate surface area is 591 Å². The Kier molecular flexibility index (Phi) is 25.5. The number of esters is 5. The van der Waals surface area contributed by atoms with Crippen LogP contribution in [0.25, 0.3) is 0 Å². The molecule has 4 aliphatic heterocycles. The number of hydrogen-bond acceptors (Lipinski definition) is 23. The van der Waals surface area contributed by atoms with Gasteiger partial charge in [-0.05, 0) is 145 Å². The molecule has 2 saturated carbocycles. The van der Waals surface area contributed by atoms with Gasteiger partial charge in [0.25, 0.3) is 11.7 Å². The molecule has 5 heterocycles. The molecule has 4 fully saturated rings. The van der Waals surface area contributed by atoms with Crippen molar-refractivity contribution < 1.29 is 110 Å². The second kappa shape index (κ2) is 32.9. The zero-order valence-electron chi connectivity index (χ0n) is 61.1. The van der Waals surface area contributed by atoms with Crippen LogP contribution in [0.2, 0.25) is 0 Å². The highest BCUT2D eigenvalue weighted by atomic mass is 16.6. The highest BCUT2D eigenvalue weighted by Gasteiger charge is 2.65. The Morgan fingerprint density at radius 1 is 0.782 bits per heavy atom. The minimum atomic E-state index is -2.51. The molecule has 21 atom stereocenters. The van der Waals surface area contributed by atoms with Gasteiger partial charge in [0.15, 0.2) is 11.5 Å². The van der Waals surface area contributed by atoms with Crippen molar-refractivity contribution in [2.45, 2.75) is 250 Å². The van der Waals surface area contributed by atoms with Crippen molar-refractivity contribution in [1.82, 2.24) is 4.90 Å². The molecule has 8 aliphatic rings. The van der Waals surface area contributed by atoms with Crippen LogP contribution in [0.3, 0.4) is 0 Å². The van der Waals surface area contributed by atoms with E-state index >= 15 is 0 Å². The van der Waals surface area contributed by atoms with Gasteiger partial charge in [-0.15, -0.1) is 0 Å². The highest BCUT2D eigenvalue weighted by molar-refractivity contribution is 6.39. The van der Waals surface area contributed by atoms with Crippen molar-refractivity contribution in [3.05, 3.63) is 81.9 Å². The lowest BCUT2D eigenvalue weighted by Gasteiger charge is -2.52. The maximum atomic E-state index is 14.8. The van der Waals surface area contributed by atoms with Crippen molar-refractivity contribution in [3.8, 4) is 0 Å². The van der Waals surface area contributed by atoms with Crippen LogP contribution in [0.15, 0.2) is 69.4 Å². The average molecular weight is 1410 g/mol. The first-order chi connectivity index (χ1) is 47.8. The molecule has 556 valence electrons. The number of ketones is 4. The number of hydrogen-bond donors (Lipinski definition) is 2. The molecule has 1 aromatic heterocycles. The van der Waals surface area contributed by atoms with Gasteiger partial charge in [-0.3, -0.25) is 38.4 Å². The third-order valence-corrected chi connectivity index (χ3v) is 23.2. The van der Waals surface area contributed by atoms with Gasteiger partial charge in [-0.2, -0.15) is 0 Å². The topological polar surface area (TPSA) is 320 Å². The van der Waals surface area contributed by atoms with E-state index in [4.69, 9.17) is 51.8 Å². The van der Waals surface area contributed by atoms with Crippen molar-refractivity contribution in [2.24, 2.45) is 46.8 Å². The van der Waals surface area contributed by atoms with Crippen LogP contribution in [0.4, 0.5) is 0 Å². The zero-order valence-corrected chi connectivity index (χ0v) is 61.1. The quantitative estimate of drug-likeness (QED) is 0.0611. The van der Waals surface area contributed by atoms with Gasteiger partial charge >= 0.3 is 29.8 Å². The number of amides is 1. The van der Waals surface area contributed by atoms with E-state index in [9.17, 15) is 58.2 Å². The lowest BCUT2D eigenvalue weighted by Crippen LogP contribution is -2.61. The number of allylic oxidation sites excluding steroid dienone is 7. The van der Waals surface area contributed by atoms with E-state index in [0.717, 1.165) is 10.5 Å². The summed E-state index contributed by atoms with van der Waals surface area (Å²) in [6.45, 7) is 17.3. The van der Waals surface area contributed by atoms with E-state index in [2.05, 4.69) is 0 Å². The number of Topliss-reactive ketones (excluding diaryl/α,β-unsaturated/α-hetero) is 4. The molecular formula is C77H105NO23. The Morgan fingerprint density at radius 3 is 2.21 bits per heavy atom. The van der Waals surface area contributed by atoms with E-state index in [1.165, 1.54) is 34.5 Å². The number of ether oxygens (including phenoxy) is 10. The minimum Gasteiger partial charge on any atom is -0.461 e. The number of piperidine rings is 1. The third-order valence-electron chi connectivity index (χ3n) is 23.2. The molecule has 0 aromatic carbocycles. The fourth-order valence-corrected chi connectivity index (χ4v) is 17.4. The van der Waals surface area contributed by atoms with E-state index in [-0.39, 0.29) is 73.6 Å². The van der Waals surface area contributed by atoms with Crippen LogP contribution < -0.4 is 0 Å². The first-order valence-corrected chi connectivity index (χ1v) is 36.0. The SMILES string of the molecule is COC[C@@H]1OC(=O)c2coc3c2[C@@]1(C)C1=C(C3=O)C2CC[C@H](OC(=O)CC(=O)O[C@@H]3CC[C@@H](C[C@@H](C)[C@@H]4CC(=O)[C@H](C)/C=C(\C)[C@@H](O)[C@@H](OC)C(=O)[C@H](C)C[C@H](C)/C=C/C=C/C=C(\C)[C@@H](OC)C[C@@H]5CC[C@@H](C)[C@@](O)(O5)C(=O)C(=O)N5CCCC[C@H]5C(=O)O4)C[C@H]3OC)[C@@]2(C)C[C@H]1OC(C)=O. The number of carbonyl (C=O) groups excluding carboxylic acids is 10. The van der Waals surface area contributed by atoms with Crippen LogP contribution in [0.5, 0.6) is 0 Å². The molecule has 24 nitrogen and oxygen atoms in total. The molecule has 4 aliphatic carbocycles. The predicted molar refractivity (Wildman–Crippen MR) is 363 cm³/mol. The van der Waals surface area contributed by atoms with Crippen LogP contribution in [-0.2, 0) is 91.1 Å². The fourth-order valence-electron chi connectivity index (χ4n) is 17.4. The summed E-state index contributed by atoms with van der Waals surface area (Å²) in [5, 5.41) is 23.8. The van der Waals surface area contributed by atoms with Crippen molar-refractivity contribution in [1.29, 1.82) is 0 Å². The standard InChI is InChI=1S/C77H105NO23/c1-40-20-16-15-17-21-41(2)55(92-12)34-49-25-23-46(7)77(90,101-49)71(86)72(87)78-29-19-18-22-52(78)74(89)98-56(35-53(80)42(3)31-45(6)67(84)70(94-14)66(83)44(5)30-40)43(4)32-48-24-27-54(57(33-48)93-13)97-61(81)36-62(82)99-59-28-26-51-63-65(58(96-47(8)79)37-75(51,59)9)76(10)60(39-91-11)100-73(88)50-38-95-69(64(50)76)68(63)85/h15-17,20-21,31,38,40,42-44,46,48-49,51-52,54-60,67,70,84,90H,18-19,22-30,32-37,39H2,1-14H3/b17-15+,20-16+,41-21+,45-31+/t40-,42-,43-,44-,46-,48+,49+,51?,52+,54-,55+,56+,57-,58-,59+,60+,67-,70+,75+,76+,77-/m1/s1. The molecule has 1 amide bonds. The van der Waals surface area contributed by atoms with Gasteiger partial charge in [0.2, 0.25) is 11.6 Å². The van der Waals surface area contributed by atoms with Gasteiger partial charge in [0, 0.05) is 89.1 Å². The third kappa shape index (κ3) is 16.4. The van der Waals surface area contributed by atoms with Crippen molar-refractivity contribution >= 4 is 58.9 Å². The van der Waals surface area contributed by atoms with Gasteiger partial charge < -0.3 is 66.9 Å². The maximum absolute atomic E-state index is 14.8. The smallest absolute Gasteiger partial charge is 0.342 e. The summed E-state index contributed by atoms with van der Waals surface area (Å²) in [7, 11) is 5.85. The Balaban J connectivity index is 0.895. The van der Waals surface area contributed by atoms with Crippen molar-refractivity contribution in [2.75, 3.05) is 41.6 Å². The van der Waals surface area contributed by atoms with Crippen LogP contribution in [0.1, 0.15) is 198 Å². The fraction of sp³-hybridized carbons (Fsp3) is 0.688. The number of cyclic esters (lactones) is 2. The number of aliphatic hydroxyl groups excluding tert-OH is 1. The van der Waals surface area contributed by atoms with Crippen molar-refractivity contribution in [3.63, 3.8) is 0 Å².